The molecule has 17 heavy (non-hydrogen) atoms. The van der Waals surface area contributed by atoms with Gasteiger partial charge in [-0.25, -0.2) is 9.37 Å². The second-order valence-electron chi connectivity index (χ2n) is 3.32. The van der Waals surface area contributed by atoms with Crippen LogP contribution in [0.5, 0.6) is 11.6 Å². The summed E-state index contributed by atoms with van der Waals surface area (Å²) >= 11 is 0. The predicted octanol–water partition coefficient (Wildman–Crippen LogP) is 1.16. The molecule has 88 valence electrons. The number of nitrogens with two attached hydrogens (primary N) is 1. The van der Waals surface area contributed by atoms with Crippen molar-refractivity contribution in [2.24, 2.45) is 5.73 Å². The Morgan fingerprint density at radius 3 is 2.88 bits per heavy atom. The summed E-state index contributed by atoms with van der Waals surface area (Å²) < 4.78 is 18.7. The highest BCUT2D eigenvalue weighted by Gasteiger charge is 2.06. The van der Waals surface area contributed by atoms with Crippen molar-refractivity contribution in [2.75, 3.05) is 0 Å². The van der Waals surface area contributed by atoms with E-state index in [1.165, 1.54) is 18.5 Å². The van der Waals surface area contributed by atoms with Crippen LogP contribution in [0.15, 0.2) is 35.4 Å². The molecule has 0 saturated heterocycles. The Bertz CT molecular complexity index is 583. The summed E-state index contributed by atoms with van der Waals surface area (Å²) in [5.74, 6) is -0.511. The molecule has 0 aliphatic heterocycles. The van der Waals surface area contributed by atoms with Crippen LogP contribution in [0.25, 0.3) is 0 Å². The summed E-state index contributed by atoms with van der Waals surface area (Å²) in [4.78, 5) is 17.1. The van der Waals surface area contributed by atoms with Gasteiger partial charge in [-0.1, -0.05) is 6.07 Å². The lowest BCUT2D eigenvalue weighted by molar-refractivity contribution is 0.425. The molecule has 0 fully saturated rings. The third-order valence-corrected chi connectivity index (χ3v) is 2.10. The van der Waals surface area contributed by atoms with Crippen molar-refractivity contribution < 1.29 is 9.13 Å². The van der Waals surface area contributed by atoms with Crippen LogP contribution in [-0.4, -0.2) is 9.97 Å². The lowest BCUT2D eigenvalue weighted by atomic mass is 10.2. The summed E-state index contributed by atoms with van der Waals surface area (Å²) in [5.41, 5.74) is 5.67. The zero-order valence-electron chi connectivity index (χ0n) is 8.81. The van der Waals surface area contributed by atoms with Crippen LogP contribution in [-0.2, 0) is 6.54 Å². The van der Waals surface area contributed by atoms with Crippen molar-refractivity contribution in [1.82, 2.24) is 9.97 Å². The maximum absolute atomic E-state index is 13.5. The fourth-order valence-electron chi connectivity index (χ4n) is 1.27. The van der Waals surface area contributed by atoms with Gasteiger partial charge < -0.3 is 15.5 Å². The van der Waals surface area contributed by atoms with Crippen LogP contribution in [0.4, 0.5) is 4.39 Å². The molecule has 0 atom stereocenters. The van der Waals surface area contributed by atoms with Crippen LogP contribution in [0, 0.1) is 5.82 Å². The summed E-state index contributed by atoms with van der Waals surface area (Å²) in [6, 6.07) is 5.50. The van der Waals surface area contributed by atoms with Gasteiger partial charge in [-0.05, 0) is 17.7 Å². The van der Waals surface area contributed by atoms with E-state index in [0.29, 0.717) is 5.56 Å². The first kappa shape index (κ1) is 11.3. The van der Waals surface area contributed by atoms with Crippen LogP contribution in [0.1, 0.15) is 5.56 Å². The van der Waals surface area contributed by atoms with E-state index in [0.717, 1.165) is 6.07 Å². The molecule has 5 nitrogen and oxygen atoms in total. The average molecular weight is 235 g/mol. The number of nitrogens with one attached hydrogen (secondary N) is 1. The highest BCUT2D eigenvalue weighted by atomic mass is 19.1. The molecule has 2 aromatic rings. The second-order valence-corrected chi connectivity index (χ2v) is 3.32. The Labute approximate surface area is 96.1 Å². The molecule has 3 N–H and O–H groups in total. The number of aromatic amines is 1. The predicted molar refractivity (Wildman–Crippen MR) is 59.2 cm³/mol. The van der Waals surface area contributed by atoms with Gasteiger partial charge in [-0.3, -0.25) is 4.79 Å². The quantitative estimate of drug-likeness (QED) is 0.836. The maximum atomic E-state index is 13.5. The van der Waals surface area contributed by atoms with Crippen molar-refractivity contribution in [1.29, 1.82) is 0 Å². The van der Waals surface area contributed by atoms with E-state index in [1.54, 1.807) is 6.07 Å². The first-order valence-electron chi connectivity index (χ1n) is 4.90. The largest absolute Gasteiger partial charge is 0.436 e. The molecule has 0 amide bonds. The molecular weight excluding hydrogens is 225 g/mol. The fourth-order valence-corrected chi connectivity index (χ4v) is 1.27. The number of benzene rings is 1. The average Bonchev–Trinajstić information content (AvgIpc) is 2.32. The number of hydrogen-bond acceptors (Lipinski definition) is 4. The zero-order chi connectivity index (χ0) is 12.3. The number of rotatable bonds is 3. The highest BCUT2D eigenvalue weighted by molar-refractivity contribution is 5.31. The normalized spacial score (nSPS) is 10.2. The van der Waals surface area contributed by atoms with Gasteiger partial charge in [0.05, 0.1) is 12.4 Å². The van der Waals surface area contributed by atoms with Gasteiger partial charge >= 0.3 is 0 Å². The number of ether oxygens (including phenoxy) is 1. The maximum Gasteiger partial charge on any atom is 0.254 e. The number of nitrogens with zero attached hydrogens (tertiary/aromatic N) is 1. The molecule has 6 heteroatoms. The van der Waals surface area contributed by atoms with E-state index in [-0.39, 0.29) is 23.7 Å². The van der Waals surface area contributed by atoms with Crippen molar-refractivity contribution in [2.45, 2.75) is 6.54 Å². The number of halogens is 1. The van der Waals surface area contributed by atoms with Crippen molar-refractivity contribution in [3.8, 4) is 11.6 Å². The van der Waals surface area contributed by atoms with Crippen molar-refractivity contribution >= 4 is 0 Å². The Kier molecular flexibility index (Phi) is 3.15. The molecule has 0 aliphatic carbocycles. The van der Waals surface area contributed by atoms with Gasteiger partial charge in [0.1, 0.15) is 0 Å². The number of aromatic nitrogens is 2. The van der Waals surface area contributed by atoms with E-state index < -0.39 is 5.82 Å². The van der Waals surface area contributed by atoms with Crippen LogP contribution >= 0.6 is 0 Å². The summed E-state index contributed by atoms with van der Waals surface area (Å²) in [7, 11) is 0. The van der Waals surface area contributed by atoms with E-state index in [1.807, 2.05) is 0 Å². The molecule has 1 aromatic heterocycles. The third kappa shape index (κ3) is 2.67. The highest BCUT2D eigenvalue weighted by Crippen LogP contribution is 2.22. The van der Waals surface area contributed by atoms with Crippen molar-refractivity contribution in [3.63, 3.8) is 0 Å². The van der Waals surface area contributed by atoms with Gasteiger partial charge in [0.15, 0.2) is 11.6 Å². The first-order chi connectivity index (χ1) is 8.19. The van der Waals surface area contributed by atoms with Crippen molar-refractivity contribution in [3.05, 3.63) is 52.3 Å². The minimum absolute atomic E-state index is 0.000278. The molecule has 0 bridgehead atoms. The SMILES string of the molecule is NCc1ccc(Oc2cc(=O)[nH]cn2)c(F)c1. The molecule has 0 unspecified atom stereocenters. The third-order valence-electron chi connectivity index (χ3n) is 2.10. The fraction of sp³-hybridized carbons (Fsp3) is 0.0909. The molecule has 0 radical (unpaired) electrons. The molecule has 0 aliphatic rings. The van der Waals surface area contributed by atoms with Crippen LogP contribution in [0.3, 0.4) is 0 Å². The van der Waals surface area contributed by atoms with E-state index in [2.05, 4.69) is 9.97 Å². The summed E-state index contributed by atoms with van der Waals surface area (Å²) in [5, 5.41) is 0. The molecule has 1 heterocycles. The Morgan fingerprint density at radius 2 is 2.24 bits per heavy atom. The summed E-state index contributed by atoms with van der Waals surface area (Å²) in [6.45, 7) is 0.250. The monoisotopic (exact) mass is 235 g/mol. The zero-order valence-corrected chi connectivity index (χ0v) is 8.81. The first-order valence-corrected chi connectivity index (χ1v) is 4.90. The standard InChI is InChI=1S/C11H10FN3O2/c12-8-3-7(5-13)1-2-9(8)17-11-4-10(16)14-6-15-11/h1-4,6H,5,13H2,(H,14,15,16). The Hall–Kier alpha value is -2.21. The number of H-pyrrole nitrogens is 1. The van der Waals surface area contributed by atoms with Gasteiger partial charge in [0, 0.05) is 6.54 Å². The molecule has 2 rings (SSSR count). The Morgan fingerprint density at radius 1 is 1.41 bits per heavy atom. The summed E-state index contributed by atoms with van der Waals surface area (Å²) in [6.07, 6.45) is 1.18. The molecule has 0 spiro atoms. The van der Waals surface area contributed by atoms with Gasteiger partial charge in [-0.2, -0.15) is 0 Å². The topological polar surface area (TPSA) is 81.0 Å². The minimum atomic E-state index is -0.546. The van der Waals surface area contributed by atoms with Gasteiger partial charge in [0.2, 0.25) is 5.88 Å². The number of hydrogen-bond donors (Lipinski definition) is 2. The van der Waals surface area contributed by atoms with E-state index in [4.69, 9.17) is 10.5 Å². The molecule has 1 aromatic carbocycles. The second kappa shape index (κ2) is 4.75. The van der Waals surface area contributed by atoms with Gasteiger partial charge in [0.25, 0.3) is 5.56 Å². The lowest BCUT2D eigenvalue weighted by Crippen LogP contribution is -2.05. The molecular formula is C11H10FN3O2. The smallest absolute Gasteiger partial charge is 0.254 e. The molecule has 0 saturated carbocycles. The van der Waals surface area contributed by atoms with E-state index >= 15 is 0 Å². The van der Waals surface area contributed by atoms with Crippen LogP contribution < -0.4 is 16.0 Å². The lowest BCUT2D eigenvalue weighted by Gasteiger charge is -2.06. The minimum Gasteiger partial charge on any atom is -0.436 e. The van der Waals surface area contributed by atoms with Gasteiger partial charge in [-0.15, -0.1) is 0 Å². The van der Waals surface area contributed by atoms with E-state index in [9.17, 15) is 9.18 Å². The van der Waals surface area contributed by atoms with Crippen LogP contribution in [0.2, 0.25) is 0 Å². The Balaban J connectivity index is 2.27.